The molecule has 0 aromatic heterocycles. The minimum Gasteiger partial charge on any atom is -0.299 e. The fourth-order valence-electron chi connectivity index (χ4n) is 1.98. The van der Waals surface area contributed by atoms with Crippen LogP contribution < -0.4 is 0 Å². The molecule has 1 nitrogen and oxygen atoms in total. The summed E-state index contributed by atoms with van der Waals surface area (Å²) in [7, 11) is 0. The molecule has 1 aliphatic heterocycles. The SMILES string of the molecule is Sc1ccc(CN2CCCCC2)cc1. The second-order valence-corrected chi connectivity index (χ2v) is 4.52. The van der Waals surface area contributed by atoms with Crippen molar-refractivity contribution >= 4 is 12.6 Å². The molecule has 1 aromatic rings. The molecular formula is C12H17NS. The van der Waals surface area contributed by atoms with Gasteiger partial charge in [0, 0.05) is 11.4 Å². The second kappa shape index (κ2) is 4.85. The van der Waals surface area contributed by atoms with Gasteiger partial charge in [0.05, 0.1) is 0 Å². The molecule has 0 aliphatic carbocycles. The first-order valence-corrected chi connectivity index (χ1v) is 5.79. The summed E-state index contributed by atoms with van der Waals surface area (Å²) in [6, 6.07) is 8.50. The highest BCUT2D eigenvalue weighted by molar-refractivity contribution is 7.80. The van der Waals surface area contributed by atoms with E-state index >= 15 is 0 Å². The normalized spacial score (nSPS) is 18.4. The highest BCUT2D eigenvalue weighted by Crippen LogP contribution is 2.14. The Balaban J connectivity index is 1.92. The smallest absolute Gasteiger partial charge is 0.0233 e. The topological polar surface area (TPSA) is 3.24 Å². The molecule has 0 radical (unpaired) electrons. The molecule has 0 unspecified atom stereocenters. The summed E-state index contributed by atoms with van der Waals surface area (Å²) in [5.74, 6) is 0. The van der Waals surface area contributed by atoms with Gasteiger partial charge in [0.1, 0.15) is 0 Å². The zero-order chi connectivity index (χ0) is 9.80. The minimum atomic E-state index is 1.05. The van der Waals surface area contributed by atoms with E-state index in [2.05, 4.69) is 41.8 Å². The van der Waals surface area contributed by atoms with Crippen molar-refractivity contribution in [1.29, 1.82) is 0 Å². The number of hydrogen-bond acceptors (Lipinski definition) is 2. The monoisotopic (exact) mass is 207 g/mol. The van der Waals surface area contributed by atoms with Gasteiger partial charge < -0.3 is 0 Å². The Bertz CT molecular complexity index is 275. The molecule has 1 aromatic carbocycles. The van der Waals surface area contributed by atoms with Crippen molar-refractivity contribution in [3.8, 4) is 0 Å². The van der Waals surface area contributed by atoms with E-state index in [0.717, 1.165) is 11.4 Å². The summed E-state index contributed by atoms with van der Waals surface area (Å²) in [6.45, 7) is 3.64. The fourth-order valence-corrected chi connectivity index (χ4v) is 2.13. The zero-order valence-corrected chi connectivity index (χ0v) is 9.34. The largest absolute Gasteiger partial charge is 0.299 e. The van der Waals surface area contributed by atoms with Crippen molar-refractivity contribution in [3.63, 3.8) is 0 Å². The van der Waals surface area contributed by atoms with Gasteiger partial charge in [-0.3, -0.25) is 4.90 Å². The second-order valence-electron chi connectivity index (χ2n) is 4.00. The van der Waals surface area contributed by atoms with Gasteiger partial charge in [-0.1, -0.05) is 18.6 Å². The highest BCUT2D eigenvalue weighted by atomic mass is 32.1. The Morgan fingerprint density at radius 1 is 1.00 bits per heavy atom. The van der Waals surface area contributed by atoms with Crippen molar-refractivity contribution in [2.24, 2.45) is 0 Å². The van der Waals surface area contributed by atoms with Gasteiger partial charge in [-0.25, -0.2) is 0 Å². The number of likely N-dealkylation sites (tertiary alicyclic amines) is 1. The van der Waals surface area contributed by atoms with Crippen molar-refractivity contribution < 1.29 is 0 Å². The highest BCUT2D eigenvalue weighted by Gasteiger charge is 2.09. The fraction of sp³-hybridized carbons (Fsp3) is 0.500. The third-order valence-corrected chi connectivity index (χ3v) is 3.09. The van der Waals surface area contributed by atoms with Crippen molar-refractivity contribution in [2.45, 2.75) is 30.7 Å². The lowest BCUT2D eigenvalue weighted by atomic mass is 10.1. The quantitative estimate of drug-likeness (QED) is 0.730. The lowest BCUT2D eigenvalue weighted by Gasteiger charge is -2.26. The van der Waals surface area contributed by atoms with Gasteiger partial charge in [-0.15, -0.1) is 12.6 Å². The van der Waals surface area contributed by atoms with Gasteiger partial charge in [-0.2, -0.15) is 0 Å². The number of benzene rings is 1. The summed E-state index contributed by atoms with van der Waals surface area (Å²) in [5.41, 5.74) is 1.41. The molecule has 1 heterocycles. The predicted octanol–water partition coefficient (Wildman–Crippen LogP) is 2.96. The Labute approximate surface area is 91.5 Å². The summed E-state index contributed by atoms with van der Waals surface area (Å²) in [6.07, 6.45) is 4.14. The lowest BCUT2D eigenvalue weighted by Crippen LogP contribution is -2.28. The summed E-state index contributed by atoms with van der Waals surface area (Å²) >= 11 is 4.28. The Morgan fingerprint density at radius 3 is 2.29 bits per heavy atom. The van der Waals surface area contributed by atoms with Crippen LogP contribution in [-0.2, 0) is 6.54 Å². The summed E-state index contributed by atoms with van der Waals surface area (Å²) in [5, 5.41) is 0. The van der Waals surface area contributed by atoms with Gasteiger partial charge in [0.15, 0.2) is 0 Å². The van der Waals surface area contributed by atoms with Crippen LogP contribution in [0.25, 0.3) is 0 Å². The average molecular weight is 207 g/mol. The first-order chi connectivity index (χ1) is 6.84. The van der Waals surface area contributed by atoms with E-state index in [0.29, 0.717) is 0 Å². The van der Waals surface area contributed by atoms with Crippen molar-refractivity contribution in [1.82, 2.24) is 4.90 Å². The van der Waals surface area contributed by atoms with E-state index in [-0.39, 0.29) is 0 Å². The van der Waals surface area contributed by atoms with E-state index in [1.807, 2.05) is 0 Å². The van der Waals surface area contributed by atoms with Crippen LogP contribution in [0.15, 0.2) is 29.2 Å². The van der Waals surface area contributed by atoms with Gasteiger partial charge in [-0.05, 0) is 43.6 Å². The Hall–Kier alpha value is -0.470. The van der Waals surface area contributed by atoms with Gasteiger partial charge in [0.25, 0.3) is 0 Å². The summed E-state index contributed by atoms with van der Waals surface area (Å²) in [4.78, 5) is 3.59. The number of hydrogen-bond donors (Lipinski definition) is 1. The van der Waals surface area contributed by atoms with Crippen LogP contribution in [0.1, 0.15) is 24.8 Å². The van der Waals surface area contributed by atoms with E-state index in [1.165, 1.54) is 37.9 Å². The van der Waals surface area contributed by atoms with Crippen LogP contribution in [0, 0.1) is 0 Å². The van der Waals surface area contributed by atoms with E-state index in [9.17, 15) is 0 Å². The number of thiol groups is 1. The Morgan fingerprint density at radius 2 is 1.64 bits per heavy atom. The van der Waals surface area contributed by atoms with Crippen LogP contribution in [0.5, 0.6) is 0 Å². The molecule has 0 bridgehead atoms. The first-order valence-electron chi connectivity index (χ1n) is 5.35. The third-order valence-electron chi connectivity index (χ3n) is 2.79. The van der Waals surface area contributed by atoms with Crippen molar-refractivity contribution in [2.75, 3.05) is 13.1 Å². The summed E-state index contributed by atoms with van der Waals surface area (Å²) < 4.78 is 0. The zero-order valence-electron chi connectivity index (χ0n) is 8.45. The maximum Gasteiger partial charge on any atom is 0.0233 e. The van der Waals surface area contributed by atoms with Crippen LogP contribution in [0.3, 0.4) is 0 Å². The molecule has 0 spiro atoms. The van der Waals surface area contributed by atoms with Crippen molar-refractivity contribution in [3.05, 3.63) is 29.8 Å². The lowest BCUT2D eigenvalue weighted by molar-refractivity contribution is 0.221. The standard InChI is InChI=1S/C12H17NS/c14-12-6-4-11(5-7-12)10-13-8-2-1-3-9-13/h4-7,14H,1-3,8-10H2. The number of piperidine rings is 1. The molecule has 0 atom stereocenters. The van der Waals surface area contributed by atoms with Gasteiger partial charge in [0.2, 0.25) is 0 Å². The minimum absolute atomic E-state index is 1.05. The molecule has 14 heavy (non-hydrogen) atoms. The van der Waals surface area contributed by atoms with Crippen LogP contribution in [0.2, 0.25) is 0 Å². The molecular weight excluding hydrogens is 190 g/mol. The molecule has 0 N–H and O–H groups in total. The third kappa shape index (κ3) is 2.76. The van der Waals surface area contributed by atoms with Gasteiger partial charge >= 0.3 is 0 Å². The number of nitrogens with zero attached hydrogens (tertiary/aromatic N) is 1. The molecule has 2 rings (SSSR count). The van der Waals surface area contributed by atoms with Crippen LogP contribution in [-0.4, -0.2) is 18.0 Å². The molecule has 1 saturated heterocycles. The average Bonchev–Trinajstić information content (AvgIpc) is 2.23. The molecule has 0 saturated carbocycles. The Kier molecular flexibility index (Phi) is 3.49. The molecule has 1 fully saturated rings. The maximum absolute atomic E-state index is 4.28. The molecule has 2 heteroatoms. The van der Waals surface area contributed by atoms with E-state index in [4.69, 9.17) is 0 Å². The van der Waals surface area contributed by atoms with Crippen LogP contribution in [0.4, 0.5) is 0 Å². The predicted molar refractivity (Wildman–Crippen MR) is 62.8 cm³/mol. The molecule has 1 aliphatic rings. The maximum atomic E-state index is 4.28. The first kappa shape index (κ1) is 10.1. The van der Waals surface area contributed by atoms with Crippen LogP contribution >= 0.6 is 12.6 Å². The van der Waals surface area contributed by atoms with E-state index in [1.54, 1.807) is 0 Å². The number of rotatable bonds is 2. The van der Waals surface area contributed by atoms with E-state index < -0.39 is 0 Å². The molecule has 76 valence electrons. The molecule has 0 amide bonds.